The van der Waals surface area contributed by atoms with Crippen molar-refractivity contribution in [3.8, 4) is 16.9 Å². The van der Waals surface area contributed by atoms with Gasteiger partial charge in [-0.2, -0.15) is 0 Å². The molecule has 0 fully saturated rings. The fourth-order valence-corrected chi connectivity index (χ4v) is 2.84. The monoisotopic (exact) mass is 340 g/mol. The quantitative estimate of drug-likeness (QED) is 0.749. The van der Waals surface area contributed by atoms with Gasteiger partial charge in [0, 0.05) is 11.5 Å². The molecule has 0 amide bonds. The van der Waals surface area contributed by atoms with Crippen LogP contribution in [0.5, 0.6) is 5.75 Å². The number of fused-ring (bicyclic) bond motifs is 1. The first kappa shape index (κ1) is 16.9. The zero-order valence-electron chi connectivity index (χ0n) is 14.3. The van der Waals surface area contributed by atoms with Crippen LogP contribution in [0, 0.1) is 11.3 Å². The van der Waals surface area contributed by atoms with Crippen LogP contribution in [-0.4, -0.2) is 15.3 Å². The van der Waals surface area contributed by atoms with Crippen molar-refractivity contribution >= 4 is 11.8 Å². The fraction of sp³-hybridized carbons (Fsp3) is 0.250. The van der Waals surface area contributed by atoms with Crippen molar-refractivity contribution < 1.29 is 19.7 Å². The van der Waals surface area contributed by atoms with Crippen LogP contribution in [0.4, 0.5) is 0 Å². The van der Waals surface area contributed by atoms with Gasteiger partial charge in [-0.05, 0) is 36.6 Å². The maximum absolute atomic E-state index is 12.9. The van der Waals surface area contributed by atoms with Gasteiger partial charge >= 0.3 is 0 Å². The number of hydrogen-bond acceptors (Lipinski definition) is 5. The largest absolute Gasteiger partial charge is 0.511 e. The van der Waals surface area contributed by atoms with E-state index in [1.807, 2.05) is 13.8 Å². The molecule has 2 aromatic rings. The predicted molar refractivity (Wildman–Crippen MR) is 96.2 cm³/mol. The number of aromatic hydroxyl groups is 1. The number of hydrogen-bond donors (Lipinski definition) is 3. The summed E-state index contributed by atoms with van der Waals surface area (Å²) in [6.07, 6.45) is 4.17. The lowest BCUT2D eigenvalue weighted by Crippen LogP contribution is -2.23. The van der Waals surface area contributed by atoms with Crippen LogP contribution in [0.25, 0.3) is 23.0 Å². The van der Waals surface area contributed by atoms with E-state index in [1.54, 1.807) is 19.1 Å². The highest BCUT2D eigenvalue weighted by atomic mass is 16.3. The summed E-state index contributed by atoms with van der Waals surface area (Å²) in [6, 6.07) is 6.13. The van der Waals surface area contributed by atoms with Crippen molar-refractivity contribution in [2.75, 3.05) is 0 Å². The number of aliphatic hydroxyl groups is 2. The smallest absolute Gasteiger partial charge is 0.204 e. The molecule has 1 atom stereocenters. The van der Waals surface area contributed by atoms with Gasteiger partial charge in [0.2, 0.25) is 5.43 Å². The van der Waals surface area contributed by atoms with Crippen molar-refractivity contribution in [1.82, 2.24) is 0 Å². The number of phenols is 1. The minimum absolute atomic E-state index is 0.00752. The zero-order chi connectivity index (χ0) is 18.4. The second-order valence-corrected chi connectivity index (χ2v) is 6.76. The van der Waals surface area contributed by atoms with Crippen molar-refractivity contribution in [2.24, 2.45) is 11.3 Å². The molecule has 1 aliphatic rings. The summed E-state index contributed by atoms with van der Waals surface area (Å²) in [5, 5.41) is 30.4. The van der Waals surface area contributed by atoms with E-state index in [1.165, 1.54) is 30.5 Å². The molecule has 5 heteroatoms. The Labute approximate surface area is 145 Å². The minimum Gasteiger partial charge on any atom is -0.511 e. The molecule has 0 aliphatic heterocycles. The fourth-order valence-electron chi connectivity index (χ4n) is 2.84. The minimum atomic E-state index is -0.816. The zero-order valence-corrected chi connectivity index (χ0v) is 14.3. The summed E-state index contributed by atoms with van der Waals surface area (Å²) in [5.41, 5.74) is -0.380. The third kappa shape index (κ3) is 2.71. The first-order valence-electron chi connectivity index (χ1n) is 8.02. The normalized spacial score (nSPS) is 19.8. The third-order valence-electron chi connectivity index (χ3n) is 4.91. The van der Waals surface area contributed by atoms with Gasteiger partial charge in [0.25, 0.3) is 0 Å². The number of rotatable bonds is 2. The van der Waals surface area contributed by atoms with Crippen molar-refractivity contribution in [2.45, 2.75) is 20.8 Å². The molecular formula is C20H20O5. The Kier molecular flexibility index (Phi) is 3.95. The van der Waals surface area contributed by atoms with Gasteiger partial charge in [-0.15, -0.1) is 0 Å². The van der Waals surface area contributed by atoms with Crippen LogP contribution in [0.3, 0.4) is 0 Å². The molecule has 0 bridgehead atoms. The van der Waals surface area contributed by atoms with Crippen LogP contribution in [0.1, 0.15) is 32.1 Å². The van der Waals surface area contributed by atoms with E-state index < -0.39 is 10.8 Å². The molecule has 1 aromatic heterocycles. The SMILES string of the molecule is CC(C)C1(C)C=C(O)c2c(occ(-c3ccc(O)cc3)c2=O)C=C1O. The van der Waals surface area contributed by atoms with Crippen LogP contribution in [-0.2, 0) is 0 Å². The molecule has 0 radical (unpaired) electrons. The maximum atomic E-state index is 12.9. The first-order chi connectivity index (χ1) is 11.7. The van der Waals surface area contributed by atoms with E-state index in [0.717, 1.165) is 0 Å². The Morgan fingerprint density at radius 2 is 1.72 bits per heavy atom. The molecule has 25 heavy (non-hydrogen) atoms. The molecule has 0 saturated heterocycles. The molecule has 1 unspecified atom stereocenters. The number of benzene rings is 1. The topological polar surface area (TPSA) is 90.9 Å². The first-order valence-corrected chi connectivity index (χ1v) is 8.02. The van der Waals surface area contributed by atoms with Crippen LogP contribution in [0.15, 0.2) is 51.6 Å². The molecule has 1 aromatic carbocycles. The molecule has 3 N–H and O–H groups in total. The summed E-state index contributed by atoms with van der Waals surface area (Å²) < 4.78 is 5.54. The second kappa shape index (κ2) is 5.84. The summed E-state index contributed by atoms with van der Waals surface area (Å²) in [5.74, 6) is -0.00422. The molecular weight excluding hydrogens is 320 g/mol. The van der Waals surface area contributed by atoms with Gasteiger partial charge < -0.3 is 19.7 Å². The standard InChI is InChI=1S/C20H20O5/c1-11(2)20(3)9-15(22)18-16(8-17(20)23)25-10-14(19(18)24)12-4-6-13(21)7-5-12/h4-11,21-23H,1-3H3. The van der Waals surface area contributed by atoms with Crippen molar-refractivity contribution in [1.29, 1.82) is 0 Å². The van der Waals surface area contributed by atoms with Gasteiger partial charge in [0.15, 0.2) is 0 Å². The third-order valence-corrected chi connectivity index (χ3v) is 4.91. The Hall–Kier alpha value is -2.95. The number of phenolic OH excluding ortho intramolecular Hbond substituents is 1. The van der Waals surface area contributed by atoms with Gasteiger partial charge in [-0.3, -0.25) is 4.79 Å². The lowest BCUT2D eigenvalue weighted by atomic mass is 9.77. The highest BCUT2D eigenvalue weighted by Gasteiger charge is 2.35. The summed E-state index contributed by atoms with van der Waals surface area (Å²) >= 11 is 0. The second-order valence-electron chi connectivity index (χ2n) is 6.76. The summed E-state index contributed by atoms with van der Waals surface area (Å²) in [4.78, 5) is 12.9. The number of allylic oxidation sites excluding steroid dienone is 1. The van der Waals surface area contributed by atoms with Crippen LogP contribution >= 0.6 is 0 Å². The van der Waals surface area contributed by atoms with E-state index in [-0.39, 0.29) is 40.1 Å². The predicted octanol–water partition coefficient (Wildman–Crippen LogP) is 4.49. The Morgan fingerprint density at radius 3 is 2.32 bits per heavy atom. The maximum Gasteiger partial charge on any atom is 0.204 e. The van der Waals surface area contributed by atoms with E-state index >= 15 is 0 Å². The van der Waals surface area contributed by atoms with Gasteiger partial charge in [0.05, 0.1) is 5.56 Å². The molecule has 1 aliphatic carbocycles. The summed E-state index contributed by atoms with van der Waals surface area (Å²) in [6.45, 7) is 5.62. The highest BCUT2D eigenvalue weighted by molar-refractivity contribution is 5.75. The van der Waals surface area contributed by atoms with E-state index in [4.69, 9.17) is 4.42 Å². The lowest BCUT2D eigenvalue weighted by Gasteiger charge is -2.29. The molecule has 1 heterocycles. The molecule has 0 saturated carbocycles. The molecule has 130 valence electrons. The number of aliphatic hydroxyl groups excluding tert-OH is 2. The van der Waals surface area contributed by atoms with Gasteiger partial charge in [-0.25, -0.2) is 0 Å². The van der Waals surface area contributed by atoms with Crippen LogP contribution in [0.2, 0.25) is 0 Å². The molecule has 5 nitrogen and oxygen atoms in total. The molecule has 3 rings (SSSR count). The van der Waals surface area contributed by atoms with Crippen molar-refractivity contribution in [3.05, 3.63) is 63.9 Å². The van der Waals surface area contributed by atoms with E-state index in [9.17, 15) is 20.1 Å². The Balaban J connectivity index is 2.25. The van der Waals surface area contributed by atoms with Crippen LogP contribution < -0.4 is 5.43 Å². The van der Waals surface area contributed by atoms with Crippen molar-refractivity contribution in [3.63, 3.8) is 0 Å². The average molecular weight is 340 g/mol. The Morgan fingerprint density at radius 1 is 1.08 bits per heavy atom. The van der Waals surface area contributed by atoms with Gasteiger partial charge in [0.1, 0.15) is 34.9 Å². The lowest BCUT2D eigenvalue weighted by molar-refractivity contribution is 0.230. The Bertz CT molecular complexity index is 932. The highest BCUT2D eigenvalue weighted by Crippen LogP contribution is 2.41. The van der Waals surface area contributed by atoms with Gasteiger partial charge in [-0.1, -0.05) is 26.0 Å². The van der Waals surface area contributed by atoms with E-state index in [0.29, 0.717) is 5.56 Å². The van der Waals surface area contributed by atoms with E-state index in [2.05, 4.69) is 0 Å². The summed E-state index contributed by atoms with van der Waals surface area (Å²) in [7, 11) is 0. The molecule has 0 spiro atoms. The average Bonchev–Trinajstić information content (AvgIpc) is 2.65.